The van der Waals surface area contributed by atoms with Crippen LogP contribution in [0.15, 0.2) is 0 Å². The van der Waals surface area contributed by atoms with Crippen molar-refractivity contribution < 1.29 is 4.84 Å². The van der Waals surface area contributed by atoms with E-state index in [4.69, 9.17) is 4.84 Å². The van der Waals surface area contributed by atoms with Crippen LogP contribution in [0.1, 0.15) is 41.5 Å². The molecule has 0 aliphatic rings. The van der Waals surface area contributed by atoms with Crippen molar-refractivity contribution in [3.8, 4) is 0 Å². The Morgan fingerprint density at radius 2 is 1.45 bits per heavy atom. The molecule has 2 nitrogen and oxygen atoms in total. The first-order valence-corrected chi connectivity index (χ1v) is 4.12. The summed E-state index contributed by atoms with van der Waals surface area (Å²) in [6, 6.07) is 0. The van der Waals surface area contributed by atoms with Crippen molar-refractivity contribution in [2.24, 2.45) is 5.41 Å². The van der Waals surface area contributed by atoms with Gasteiger partial charge >= 0.3 is 0 Å². The summed E-state index contributed by atoms with van der Waals surface area (Å²) in [4.78, 5) is 5.36. The molecule has 0 aromatic heterocycles. The minimum Gasteiger partial charge on any atom is -0.296 e. The predicted molar refractivity (Wildman–Crippen MR) is 48.3 cm³/mol. The smallest absolute Gasteiger partial charge is 0.0812 e. The van der Waals surface area contributed by atoms with Gasteiger partial charge in [0.05, 0.1) is 5.60 Å². The van der Waals surface area contributed by atoms with Gasteiger partial charge in [0, 0.05) is 6.54 Å². The highest BCUT2D eigenvalue weighted by molar-refractivity contribution is 4.63. The van der Waals surface area contributed by atoms with E-state index in [1.807, 2.05) is 20.8 Å². The molecule has 0 unspecified atom stereocenters. The molecular weight excluding hydrogens is 138 g/mol. The van der Waals surface area contributed by atoms with Crippen molar-refractivity contribution in [1.29, 1.82) is 0 Å². The maximum absolute atomic E-state index is 5.36. The van der Waals surface area contributed by atoms with Crippen LogP contribution in [0.2, 0.25) is 0 Å². The number of hydrogen-bond donors (Lipinski definition) is 1. The van der Waals surface area contributed by atoms with E-state index in [1.54, 1.807) is 0 Å². The molecule has 0 rings (SSSR count). The third-order valence-corrected chi connectivity index (χ3v) is 0.981. The van der Waals surface area contributed by atoms with Crippen molar-refractivity contribution in [3.05, 3.63) is 0 Å². The lowest BCUT2D eigenvalue weighted by Crippen LogP contribution is -2.34. The Bertz CT molecular complexity index is 93.7. The largest absolute Gasteiger partial charge is 0.296 e. The van der Waals surface area contributed by atoms with Gasteiger partial charge in [0.1, 0.15) is 0 Å². The molecule has 0 heterocycles. The summed E-state index contributed by atoms with van der Waals surface area (Å²) in [5, 5.41) is 0. The first-order valence-electron chi connectivity index (χ1n) is 4.12. The summed E-state index contributed by atoms with van der Waals surface area (Å²) >= 11 is 0. The van der Waals surface area contributed by atoms with Crippen LogP contribution in [0.5, 0.6) is 0 Å². The molecular formula is C9H21NO. The fourth-order valence-corrected chi connectivity index (χ4v) is 0.469. The Morgan fingerprint density at radius 3 is 1.73 bits per heavy atom. The Morgan fingerprint density at radius 1 is 1.00 bits per heavy atom. The van der Waals surface area contributed by atoms with Gasteiger partial charge in [-0.15, -0.1) is 0 Å². The summed E-state index contributed by atoms with van der Waals surface area (Å²) in [6.07, 6.45) is 0. The normalized spacial score (nSPS) is 13.6. The molecule has 0 aliphatic heterocycles. The van der Waals surface area contributed by atoms with Gasteiger partial charge in [-0.25, -0.2) is 5.48 Å². The minimum atomic E-state index is -0.0920. The van der Waals surface area contributed by atoms with Gasteiger partial charge in [-0.1, -0.05) is 20.8 Å². The van der Waals surface area contributed by atoms with Crippen LogP contribution in [-0.4, -0.2) is 12.1 Å². The third kappa shape index (κ3) is 9.92. The van der Waals surface area contributed by atoms with E-state index in [0.717, 1.165) is 6.54 Å². The first-order chi connectivity index (χ1) is 4.71. The molecule has 0 spiro atoms. The maximum atomic E-state index is 5.36. The van der Waals surface area contributed by atoms with Crippen molar-refractivity contribution in [3.63, 3.8) is 0 Å². The summed E-state index contributed by atoms with van der Waals surface area (Å²) in [5.41, 5.74) is 3.16. The number of nitrogens with one attached hydrogen (secondary N) is 1. The lowest BCUT2D eigenvalue weighted by atomic mass is 9.98. The highest BCUT2D eigenvalue weighted by atomic mass is 16.7. The predicted octanol–water partition coefficient (Wildman–Crippen LogP) is 2.35. The van der Waals surface area contributed by atoms with Gasteiger partial charge in [-0.05, 0) is 26.2 Å². The van der Waals surface area contributed by atoms with Crippen LogP contribution in [0.3, 0.4) is 0 Å². The van der Waals surface area contributed by atoms with Crippen LogP contribution >= 0.6 is 0 Å². The number of hydroxylamine groups is 1. The summed E-state index contributed by atoms with van der Waals surface area (Å²) in [6.45, 7) is 13.5. The quantitative estimate of drug-likeness (QED) is 0.624. The molecule has 0 saturated heterocycles. The molecule has 0 amide bonds. The molecule has 68 valence electrons. The minimum absolute atomic E-state index is 0.0920. The van der Waals surface area contributed by atoms with Crippen LogP contribution < -0.4 is 5.48 Å². The molecule has 1 N–H and O–H groups in total. The highest BCUT2D eigenvalue weighted by Crippen LogP contribution is 2.11. The lowest BCUT2D eigenvalue weighted by molar-refractivity contribution is -0.0811. The van der Waals surface area contributed by atoms with E-state index in [0.29, 0.717) is 0 Å². The van der Waals surface area contributed by atoms with E-state index >= 15 is 0 Å². The van der Waals surface area contributed by atoms with Gasteiger partial charge in [0.15, 0.2) is 0 Å². The molecule has 0 radical (unpaired) electrons. The standard InChI is InChI=1S/C9H21NO/c1-8(2,3)7-10-11-9(4,5)6/h10H,7H2,1-6H3. The summed E-state index contributed by atoms with van der Waals surface area (Å²) in [5.74, 6) is 0. The molecule has 11 heavy (non-hydrogen) atoms. The van der Waals surface area contributed by atoms with E-state index in [9.17, 15) is 0 Å². The zero-order valence-corrected chi connectivity index (χ0v) is 8.62. The van der Waals surface area contributed by atoms with Crippen molar-refractivity contribution in [2.75, 3.05) is 6.54 Å². The number of rotatable bonds is 2. The van der Waals surface area contributed by atoms with Crippen LogP contribution in [-0.2, 0) is 4.84 Å². The first kappa shape index (κ1) is 10.9. The molecule has 0 atom stereocenters. The maximum Gasteiger partial charge on any atom is 0.0812 e. The monoisotopic (exact) mass is 159 g/mol. The van der Waals surface area contributed by atoms with Crippen molar-refractivity contribution >= 4 is 0 Å². The Labute approximate surface area is 70.3 Å². The zero-order chi connectivity index (χ0) is 9.12. The molecule has 0 aromatic rings. The second-order valence-corrected chi connectivity index (χ2v) is 5.10. The SMILES string of the molecule is CC(C)(C)CNOC(C)(C)C. The van der Waals surface area contributed by atoms with E-state index in [2.05, 4.69) is 26.3 Å². The van der Waals surface area contributed by atoms with Crippen molar-refractivity contribution in [1.82, 2.24) is 5.48 Å². The fourth-order valence-electron chi connectivity index (χ4n) is 0.469. The van der Waals surface area contributed by atoms with Crippen LogP contribution in [0, 0.1) is 5.41 Å². The second kappa shape index (κ2) is 3.55. The third-order valence-electron chi connectivity index (χ3n) is 0.981. The molecule has 0 bridgehead atoms. The van der Waals surface area contributed by atoms with Gasteiger partial charge in [-0.2, -0.15) is 0 Å². The van der Waals surface area contributed by atoms with Crippen molar-refractivity contribution in [2.45, 2.75) is 47.1 Å². The van der Waals surface area contributed by atoms with Gasteiger partial charge in [0.25, 0.3) is 0 Å². The zero-order valence-electron chi connectivity index (χ0n) is 8.62. The molecule has 0 saturated carbocycles. The Balaban J connectivity index is 3.44. The van der Waals surface area contributed by atoms with Crippen LogP contribution in [0.4, 0.5) is 0 Å². The summed E-state index contributed by atoms with van der Waals surface area (Å²) < 4.78 is 0. The Hall–Kier alpha value is -0.0800. The molecule has 2 heteroatoms. The second-order valence-electron chi connectivity index (χ2n) is 5.10. The van der Waals surface area contributed by atoms with E-state index in [-0.39, 0.29) is 11.0 Å². The average molecular weight is 159 g/mol. The molecule has 0 aliphatic carbocycles. The fraction of sp³-hybridized carbons (Fsp3) is 1.00. The van der Waals surface area contributed by atoms with Gasteiger partial charge in [0.2, 0.25) is 0 Å². The lowest BCUT2D eigenvalue weighted by Gasteiger charge is -2.24. The molecule has 0 aromatic carbocycles. The molecule has 0 fully saturated rings. The van der Waals surface area contributed by atoms with Crippen LogP contribution in [0.25, 0.3) is 0 Å². The summed E-state index contributed by atoms with van der Waals surface area (Å²) in [7, 11) is 0. The van der Waals surface area contributed by atoms with E-state index in [1.165, 1.54) is 0 Å². The average Bonchev–Trinajstić information content (AvgIpc) is 1.55. The number of hydrogen-bond acceptors (Lipinski definition) is 2. The Kier molecular flexibility index (Phi) is 3.52. The topological polar surface area (TPSA) is 21.3 Å². The van der Waals surface area contributed by atoms with Gasteiger partial charge in [-0.3, -0.25) is 4.84 Å². The van der Waals surface area contributed by atoms with Gasteiger partial charge < -0.3 is 0 Å². The highest BCUT2D eigenvalue weighted by Gasteiger charge is 2.13. The van der Waals surface area contributed by atoms with E-state index < -0.39 is 0 Å².